The lowest BCUT2D eigenvalue weighted by molar-refractivity contribution is -0.890. The molecule has 3 N–H and O–H groups in total. The minimum atomic E-state index is -3.88. The quantitative estimate of drug-likeness (QED) is 0.0311. The molecule has 1 unspecified atom stereocenters. The third-order valence-corrected chi connectivity index (χ3v) is 9.46. The standard InChI is InChI=1S/C35H69N3O7S/c1-5-6-7-8-9-10-13-16-19-26-33(39)36-28-22-21-25-32(35(41)45-4)37-34(40)27-20-17-14-11-12-15-18-23-29-38(2,3)30-24-31-46(42,43)44/h32H,5-31H2,1-4H3,(H2-,36,37,39,40,42,43,44)/p+1. The first-order valence-corrected chi connectivity index (χ1v) is 19.9. The molecular formula is C35H70N3O7S+. The number of esters is 1. The summed E-state index contributed by atoms with van der Waals surface area (Å²) in [7, 11) is 1.64. The van der Waals surface area contributed by atoms with Crippen molar-refractivity contribution in [3.05, 3.63) is 0 Å². The SMILES string of the molecule is CCCCCCCCCCCC(=O)NCCCCC(NC(=O)CCCCCCCCCC[N+](C)(C)CCCS(=O)(=O)O)C(=O)OC. The highest BCUT2D eigenvalue weighted by Crippen LogP contribution is 2.13. The molecule has 0 aromatic carbocycles. The van der Waals surface area contributed by atoms with Crippen LogP contribution in [0.3, 0.4) is 0 Å². The molecular weight excluding hydrogens is 606 g/mol. The minimum absolute atomic E-state index is 0.0908. The number of unbranched alkanes of at least 4 members (excludes halogenated alkanes) is 16. The lowest BCUT2D eigenvalue weighted by atomic mass is 10.1. The van der Waals surface area contributed by atoms with Crippen molar-refractivity contribution in [3.63, 3.8) is 0 Å². The third kappa shape index (κ3) is 29.7. The first kappa shape index (κ1) is 44.3. The van der Waals surface area contributed by atoms with Gasteiger partial charge >= 0.3 is 5.97 Å². The van der Waals surface area contributed by atoms with E-state index in [1.54, 1.807) is 0 Å². The van der Waals surface area contributed by atoms with Crippen molar-refractivity contribution in [2.75, 3.05) is 46.6 Å². The number of carbonyl (C=O) groups is 3. The summed E-state index contributed by atoms with van der Waals surface area (Å²) in [5, 5.41) is 5.81. The molecule has 11 heteroatoms. The van der Waals surface area contributed by atoms with Crippen molar-refractivity contribution in [3.8, 4) is 0 Å². The van der Waals surface area contributed by atoms with Crippen LogP contribution in [0.2, 0.25) is 0 Å². The molecule has 46 heavy (non-hydrogen) atoms. The zero-order chi connectivity index (χ0) is 34.5. The van der Waals surface area contributed by atoms with E-state index in [0.717, 1.165) is 88.2 Å². The van der Waals surface area contributed by atoms with Crippen LogP contribution in [0.25, 0.3) is 0 Å². The topological polar surface area (TPSA) is 139 Å². The largest absolute Gasteiger partial charge is 0.467 e. The van der Waals surface area contributed by atoms with Gasteiger partial charge in [0, 0.05) is 25.8 Å². The summed E-state index contributed by atoms with van der Waals surface area (Å²) in [4.78, 5) is 36.8. The summed E-state index contributed by atoms with van der Waals surface area (Å²) in [5.74, 6) is -0.637. The Labute approximate surface area is 281 Å². The zero-order valence-electron chi connectivity index (χ0n) is 29.9. The van der Waals surface area contributed by atoms with Crippen LogP contribution in [0.4, 0.5) is 0 Å². The van der Waals surface area contributed by atoms with Gasteiger partial charge in [0.1, 0.15) is 6.04 Å². The van der Waals surface area contributed by atoms with E-state index in [1.807, 2.05) is 0 Å². The van der Waals surface area contributed by atoms with Crippen LogP contribution in [0.5, 0.6) is 0 Å². The fourth-order valence-corrected chi connectivity index (χ4v) is 6.21. The van der Waals surface area contributed by atoms with Crippen LogP contribution in [0.1, 0.15) is 155 Å². The van der Waals surface area contributed by atoms with Gasteiger partial charge in [-0.2, -0.15) is 8.42 Å². The number of ether oxygens (including phenoxy) is 1. The molecule has 0 aliphatic rings. The first-order chi connectivity index (χ1) is 21.9. The Morgan fingerprint density at radius 3 is 1.67 bits per heavy atom. The molecule has 1 atom stereocenters. The predicted octanol–water partition coefficient (Wildman–Crippen LogP) is 6.72. The van der Waals surface area contributed by atoms with Crippen molar-refractivity contribution in [2.24, 2.45) is 0 Å². The van der Waals surface area contributed by atoms with Crippen LogP contribution in [-0.4, -0.2) is 87.9 Å². The molecule has 0 saturated carbocycles. The summed E-state index contributed by atoms with van der Waals surface area (Å²) in [6, 6.07) is -0.651. The smallest absolute Gasteiger partial charge is 0.328 e. The summed E-state index contributed by atoms with van der Waals surface area (Å²) in [6.07, 6.45) is 23.0. The van der Waals surface area contributed by atoms with Gasteiger partial charge in [-0.3, -0.25) is 14.1 Å². The predicted molar refractivity (Wildman–Crippen MR) is 187 cm³/mol. The Balaban J connectivity index is 3.86. The average Bonchev–Trinajstić information content (AvgIpc) is 2.99. The highest BCUT2D eigenvalue weighted by Gasteiger charge is 2.21. The number of hydrogen-bond donors (Lipinski definition) is 3. The van der Waals surface area contributed by atoms with Crippen LogP contribution in [-0.2, 0) is 29.2 Å². The van der Waals surface area contributed by atoms with E-state index in [1.165, 1.54) is 52.1 Å². The number of methoxy groups -OCH3 is 1. The highest BCUT2D eigenvalue weighted by molar-refractivity contribution is 7.85. The molecule has 0 radical (unpaired) electrons. The number of rotatable bonds is 32. The van der Waals surface area contributed by atoms with Crippen LogP contribution < -0.4 is 10.6 Å². The fraction of sp³-hybridized carbons (Fsp3) is 0.914. The molecule has 0 aromatic heterocycles. The molecule has 0 saturated heterocycles. The maximum Gasteiger partial charge on any atom is 0.328 e. The van der Waals surface area contributed by atoms with Gasteiger partial charge < -0.3 is 19.9 Å². The first-order valence-electron chi connectivity index (χ1n) is 18.3. The maximum absolute atomic E-state index is 12.5. The van der Waals surface area contributed by atoms with Gasteiger partial charge in [0.05, 0.1) is 40.0 Å². The Hall–Kier alpha value is -1.72. The number of amides is 2. The van der Waals surface area contributed by atoms with E-state index in [4.69, 9.17) is 9.29 Å². The second-order valence-electron chi connectivity index (χ2n) is 13.7. The number of carbonyl (C=O) groups excluding carboxylic acids is 3. The molecule has 0 aliphatic heterocycles. The van der Waals surface area contributed by atoms with Gasteiger partial charge in [-0.25, -0.2) is 4.79 Å². The molecule has 2 amide bonds. The molecule has 0 aromatic rings. The highest BCUT2D eigenvalue weighted by atomic mass is 32.2. The van der Waals surface area contributed by atoms with Crippen molar-refractivity contribution >= 4 is 27.9 Å². The van der Waals surface area contributed by atoms with E-state index < -0.39 is 22.1 Å². The Bertz CT molecular complexity index is 897. The van der Waals surface area contributed by atoms with Gasteiger partial charge in [-0.1, -0.05) is 90.4 Å². The summed E-state index contributed by atoms with van der Waals surface area (Å²) in [6.45, 7) is 4.53. The zero-order valence-corrected chi connectivity index (χ0v) is 30.7. The molecule has 0 aliphatic carbocycles. The molecule has 0 fully saturated rings. The van der Waals surface area contributed by atoms with E-state index in [0.29, 0.717) is 38.6 Å². The van der Waals surface area contributed by atoms with Crippen LogP contribution >= 0.6 is 0 Å². The number of nitrogens with zero attached hydrogens (tertiary/aromatic N) is 1. The number of quaternary nitrogens is 1. The lowest BCUT2D eigenvalue weighted by Crippen LogP contribution is -2.41. The van der Waals surface area contributed by atoms with Gasteiger partial charge in [0.2, 0.25) is 11.8 Å². The van der Waals surface area contributed by atoms with Crippen molar-refractivity contribution in [1.29, 1.82) is 0 Å². The van der Waals surface area contributed by atoms with Gasteiger partial charge in [-0.15, -0.1) is 0 Å². The normalized spacial score (nSPS) is 12.5. The average molecular weight is 677 g/mol. The van der Waals surface area contributed by atoms with Crippen molar-refractivity contribution in [2.45, 2.75) is 161 Å². The Morgan fingerprint density at radius 2 is 1.15 bits per heavy atom. The van der Waals surface area contributed by atoms with Crippen molar-refractivity contribution in [1.82, 2.24) is 10.6 Å². The maximum atomic E-state index is 12.5. The Morgan fingerprint density at radius 1 is 0.674 bits per heavy atom. The van der Waals surface area contributed by atoms with E-state index >= 15 is 0 Å². The lowest BCUT2D eigenvalue weighted by Gasteiger charge is -2.29. The second-order valence-corrected chi connectivity index (χ2v) is 15.2. The molecule has 0 heterocycles. The summed E-state index contributed by atoms with van der Waals surface area (Å²) < 4.78 is 36.3. The Kier molecular flexibility index (Phi) is 27.2. The molecule has 0 rings (SSSR count). The van der Waals surface area contributed by atoms with E-state index in [-0.39, 0.29) is 17.6 Å². The van der Waals surface area contributed by atoms with E-state index in [2.05, 4.69) is 31.7 Å². The van der Waals surface area contributed by atoms with Crippen molar-refractivity contribution < 1.29 is 36.6 Å². The van der Waals surface area contributed by atoms with Gasteiger partial charge in [0.25, 0.3) is 10.1 Å². The third-order valence-electron chi connectivity index (χ3n) is 8.65. The number of nitrogens with one attached hydrogen (secondary N) is 2. The van der Waals surface area contributed by atoms with Gasteiger partial charge in [-0.05, 0) is 44.9 Å². The molecule has 272 valence electrons. The molecule has 0 bridgehead atoms. The summed E-state index contributed by atoms with van der Waals surface area (Å²) in [5.41, 5.74) is 0. The molecule has 0 spiro atoms. The number of hydrogen-bond acceptors (Lipinski definition) is 6. The molecule has 10 nitrogen and oxygen atoms in total. The van der Waals surface area contributed by atoms with E-state index in [9.17, 15) is 22.8 Å². The summed E-state index contributed by atoms with van der Waals surface area (Å²) >= 11 is 0. The fourth-order valence-electron chi connectivity index (χ4n) is 5.72. The van der Waals surface area contributed by atoms with Crippen LogP contribution in [0.15, 0.2) is 0 Å². The second kappa shape index (κ2) is 28.3. The van der Waals surface area contributed by atoms with Gasteiger partial charge in [0.15, 0.2) is 0 Å². The van der Waals surface area contributed by atoms with Crippen LogP contribution in [0, 0.1) is 0 Å². The monoisotopic (exact) mass is 676 g/mol. The minimum Gasteiger partial charge on any atom is -0.467 e.